The zero-order valence-corrected chi connectivity index (χ0v) is 22.9. The number of ether oxygens (including phenoxy) is 1. The van der Waals surface area contributed by atoms with E-state index in [0.717, 1.165) is 22.4 Å². The molecule has 0 bridgehead atoms. The summed E-state index contributed by atoms with van der Waals surface area (Å²) in [6.45, 7) is 1.99. The molecule has 5 aromatic rings. The summed E-state index contributed by atoms with van der Waals surface area (Å²) in [6, 6.07) is 17.8. The quantitative estimate of drug-likeness (QED) is 0.204. The highest BCUT2D eigenvalue weighted by Crippen LogP contribution is 2.29. The van der Waals surface area contributed by atoms with Crippen LogP contribution in [0.15, 0.2) is 60.7 Å². The number of halogens is 2. The number of aromatic amines is 1. The molecule has 0 fully saturated rings. The highest BCUT2D eigenvalue weighted by Gasteiger charge is 2.26. The van der Waals surface area contributed by atoms with Crippen molar-refractivity contribution in [1.82, 2.24) is 19.4 Å². The molecule has 198 valence electrons. The highest BCUT2D eigenvalue weighted by molar-refractivity contribution is 6.42. The summed E-state index contributed by atoms with van der Waals surface area (Å²) in [7, 11) is 3.14. The lowest BCUT2D eigenvalue weighted by Gasteiger charge is -2.11. The topological polar surface area (TPSA) is 97.3 Å². The Morgan fingerprint density at radius 3 is 2.41 bits per heavy atom. The Kier molecular flexibility index (Phi) is 7.16. The number of aromatic nitrogens is 3. The molecule has 2 heterocycles. The number of rotatable bonds is 7. The van der Waals surface area contributed by atoms with Crippen LogP contribution in [0.5, 0.6) is 0 Å². The third-order valence-corrected chi connectivity index (χ3v) is 7.22. The SMILES string of the molecule is Cc1nc2cc(Cl)c(Cl)cc2n1Cc1ccc(C(=O)c2c(C(=O)OCC(=O)N(C)C)[nH]c3ccccc23)cc1. The largest absolute Gasteiger partial charge is 0.451 e. The van der Waals surface area contributed by atoms with Gasteiger partial charge in [-0.05, 0) is 30.7 Å². The number of carbonyl (C=O) groups is 3. The minimum atomic E-state index is -0.775. The fourth-order valence-electron chi connectivity index (χ4n) is 4.39. The molecule has 39 heavy (non-hydrogen) atoms. The Labute approximate surface area is 234 Å². The van der Waals surface area contributed by atoms with Crippen molar-refractivity contribution in [3.05, 3.63) is 98.9 Å². The van der Waals surface area contributed by atoms with Gasteiger partial charge in [-0.25, -0.2) is 9.78 Å². The van der Waals surface area contributed by atoms with Crippen molar-refractivity contribution in [3.63, 3.8) is 0 Å². The van der Waals surface area contributed by atoms with Gasteiger partial charge in [-0.3, -0.25) is 9.59 Å². The van der Waals surface area contributed by atoms with Crippen LogP contribution >= 0.6 is 23.2 Å². The van der Waals surface area contributed by atoms with Crippen molar-refractivity contribution in [2.75, 3.05) is 20.7 Å². The normalized spacial score (nSPS) is 11.2. The Balaban J connectivity index is 1.44. The van der Waals surface area contributed by atoms with Gasteiger partial charge in [0.2, 0.25) is 0 Å². The number of hydrogen-bond acceptors (Lipinski definition) is 5. The van der Waals surface area contributed by atoms with Crippen molar-refractivity contribution >= 4 is 62.8 Å². The summed E-state index contributed by atoms with van der Waals surface area (Å²) in [5.74, 6) is -0.675. The predicted molar refractivity (Wildman–Crippen MR) is 151 cm³/mol. The summed E-state index contributed by atoms with van der Waals surface area (Å²) in [4.78, 5) is 47.4. The van der Waals surface area contributed by atoms with E-state index < -0.39 is 12.6 Å². The van der Waals surface area contributed by atoms with Gasteiger partial charge >= 0.3 is 5.97 Å². The molecule has 5 rings (SSSR count). The van der Waals surface area contributed by atoms with Crippen LogP contribution in [0.1, 0.15) is 37.8 Å². The van der Waals surface area contributed by atoms with Crippen LogP contribution in [-0.4, -0.2) is 57.8 Å². The lowest BCUT2D eigenvalue weighted by Crippen LogP contribution is -2.28. The number of nitrogens with one attached hydrogen (secondary N) is 1. The molecule has 0 aliphatic carbocycles. The van der Waals surface area contributed by atoms with E-state index >= 15 is 0 Å². The van der Waals surface area contributed by atoms with Crippen LogP contribution in [0, 0.1) is 6.92 Å². The van der Waals surface area contributed by atoms with Gasteiger partial charge in [0.15, 0.2) is 12.4 Å². The summed E-state index contributed by atoms with van der Waals surface area (Å²) in [6.07, 6.45) is 0. The second-order valence-electron chi connectivity index (χ2n) is 9.31. The smallest absolute Gasteiger partial charge is 0.356 e. The first-order chi connectivity index (χ1) is 18.6. The van der Waals surface area contributed by atoms with Crippen molar-refractivity contribution in [1.29, 1.82) is 0 Å². The summed E-state index contributed by atoms with van der Waals surface area (Å²) < 4.78 is 7.23. The van der Waals surface area contributed by atoms with E-state index in [9.17, 15) is 14.4 Å². The van der Waals surface area contributed by atoms with Crippen molar-refractivity contribution < 1.29 is 19.1 Å². The number of carbonyl (C=O) groups excluding carboxylic acids is 3. The van der Waals surface area contributed by atoms with Gasteiger partial charge in [-0.15, -0.1) is 0 Å². The molecular weight excluding hydrogens is 539 g/mol. The molecule has 0 unspecified atom stereocenters. The van der Waals surface area contributed by atoms with E-state index in [1.807, 2.05) is 23.6 Å². The predicted octanol–water partition coefficient (Wildman–Crippen LogP) is 5.66. The van der Waals surface area contributed by atoms with Crippen molar-refractivity contribution in [2.45, 2.75) is 13.5 Å². The summed E-state index contributed by atoms with van der Waals surface area (Å²) in [5.41, 5.74) is 3.78. The van der Waals surface area contributed by atoms with Crippen LogP contribution in [0.4, 0.5) is 0 Å². The third-order valence-electron chi connectivity index (χ3n) is 6.50. The fourth-order valence-corrected chi connectivity index (χ4v) is 4.70. The molecule has 1 N–H and O–H groups in total. The molecule has 0 aliphatic heterocycles. The fraction of sp³-hybridized carbons (Fsp3) is 0.172. The lowest BCUT2D eigenvalue weighted by atomic mass is 9.99. The average molecular weight is 563 g/mol. The number of nitrogens with zero attached hydrogens (tertiary/aromatic N) is 3. The maximum Gasteiger partial charge on any atom is 0.356 e. The van der Waals surface area contributed by atoms with Gasteiger partial charge in [0.05, 0.1) is 26.6 Å². The van der Waals surface area contributed by atoms with E-state index in [1.165, 1.54) is 4.90 Å². The minimum Gasteiger partial charge on any atom is -0.451 e. The molecule has 0 saturated heterocycles. The van der Waals surface area contributed by atoms with Crippen LogP contribution in [0.25, 0.3) is 21.9 Å². The molecule has 2 aromatic heterocycles. The van der Waals surface area contributed by atoms with Crippen LogP contribution in [0.2, 0.25) is 10.0 Å². The monoisotopic (exact) mass is 562 g/mol. The van der Waals surface area contributed by atoms with E-state index in [-0.39, 0.29) is 22.9 Å². The number of amides is 1. The Bertz CT molecular complexity index is 1750. The second-order valence-corrected chi connectivity index (χ2v) is 10.1. The molecule has 0 saturated carbocycles. The Morgan fingerprint density at radius 2 is 1.69 bits per heavy atom. The van der Waals surface area contributed by atoms with Crippen molar-refractivity contribution in [3.8, 4) is 0 Å². The average Bonchev–Trinajstić information content (AvgIpc) is 3.45. The lowest BCUT2D eigenvalue weighted by molar-refractivity contribution is -0.131. The maximum absolute atomic E-state index is 13.7. The molecule has 0 atom stereocenters. The second kappa shape index (κ2) is 10.6. The Morgan fingerprint density at radius 1 is 1.00 bits per heavy atom. The molecule has 0 radical (unpaired) electrons. The number of aryl methyl sites for hydroxylation is 1. The molecule has 10 heteroatoms. The number of fused-ring (bicyclic) bond motifs is 2. The van der Waals surface area contributed by atoms with Crippen LogP contribution in [0.3, 0.4) is 0 Å². The number of hydrogen-bond donors (Lipinski definition) is 1. The number of para-hydroxylation sites is 1. The minimum absolute atomic E-state index is 0.00730. The first kappa shape index (κ1) is 26.5. The molecular formula is C29H24Cl2N4O4. The summed E-state index contributed by atoms with van der Waals surface area (Å²) >= 11 is 12.4. The number of benzene rings is 3. The first-order valence-electron chi connectivity index (χ1n) is 12.1. The van der Waals surface area contributed by atoms with Gasteiger partial charge in [-0.1, -0.05) is 65.7 Å². The number of H-pyrrole nitrogens is 1. The molecule has 0 spiro atoms. The highest BCUT2D eigenvalue weighted by atomic mass is 35.5. The Hall–Kier alpha value is -4.14. The molecule has 8 nitrogen and oxygen atoms in total. The third kappa shape index (κ3) is 5.13. The zero-order valence-electron chi connectivity index (χ0n) is 21.4. The number of ketones is 1. The number of likely N-dealkylation sites (N-methyl/N-ethyl adjacent to an activating group) is 1. The van der Waals surface area contributed by atoms with E-state index in [1.54, 1.807) is 62.6 Å². The number of imidazole rings is 1. The van der Waals surface area contributed by atoms with Crippen LogP contribution in [-0.2, 0) is 16.1 Å². The summed E-state index contributed by atoms with van der Waals surface area (Å²) in [5, 5.41) is 1.49. The molecule has 3 aromatic carbocycles. The van der Waals surface area contributed by atoms with E-state index in [4.69, 9.17) is 27.9 Å². The van der Waals surface area contributed by atoms with E-state index in [0.29, 0.717) is 33.1 Å². The van der Waals surface area contributed by atoms with Gasteiger partial charge in [-0.2, -0.15) is 0 Å². The standard InChI is InChI=1S/C29H24Cl2N4O4/c1-16-32-23-12-20(30)21(31)13-24(23)35(16)14-17-8-10-18(11-9-17)28(37)26-19-6-4-5-7-22(19)33-27(26)29(38)39-15-25(36)34(2)3/h4-13,33H,14-15H2,1-3H3. The maximum atomic E-state index is 13.7. The van der Waals surface area contributed by atoms with Gasteiger partial charge in [0.1, 0.15) is 11.5 Å². The first-order valence-corrected chi connectivity index (χ1v) is 12.8. The van der Waals surface area contributed by atoms with Crippen LogP contribution < -0.4 is 0 Å². The van der Waals surface area contributed by atoms with Gasteiger partial charge in [0.25, 0.3) is 5.91 Å². The van der Waals surface area contributed by atoms with Gasteiger partial charge < -0.3 is 19.2 Å². The van der Waals surface area contributed by atoms with Crippen molar-refractivity contribution in [2.24, 2.45) is 0 Å². The zero-order chi connectivity index (χ0) is 27.8. The molecule has 0 aliphatic rings. The van der Waals surface area contributed by atoms with Gasteiger partial charge in [0, 0.05) is 37.1 Å². The van der Waals surface area contributed by atoms with E-state index in [2.05, 4.69) is 9.97 Å². The molecule has 1 amide bonds. The number of esters is 1.